The van der Waals surface area contributed by atoms with Crippen molar-refractivity contribution in [1.29, 1.82) is 0 Å². The molecule has 0 aromatic carbocycles. The number of nitrogens with zero attached hydrogens (tertiary/aromatic N) is 3. The summed E-state index contributed by atoms with van der Waals surface area (Å²) in [7, 11) is 0. The van der Waals surface area contributed by atoms with E-state index >= 15 is 0 Å². The summed E-state index contributed by atoms with van der Waals surface area (Å²) < 4.78 is 0. The van der Waals surface area contributed by atoms with E-state index in [1.807, 2.05) is 12.3 Å². The van der Waals surface area contributed by atoms with Crippen LogP contribution < -0.4 is 5.32 Å². The predicted molar refractivity (Wildman–Crippen MR) is 58.2 cm³/mol. The molecule has 2 heterocycles. The van der Waals surface area contributed by atoms with Crippen molar-refractivity contribution in [3.63, 3.8) is 0 Å². The maximum atomic E-state index is 4.45. The molecule has 78 valence electrons. The van der Waals surface area contributed by atoms with Crippen LogP contribution in [0.15, 0.2) is 28.7 Å². The number of fused-ring (bicyclic) bond motifs is 1. The van der Waals surface area contributed by atoms with Crippen molar-refractivity contribution in [2.24, 2.45) is 10.2 Å². The lowest BCUT2D eigenvalue weighted by molar-refractivity contribution is 0.320. The lowest BCUT2D eigenvalue weighted by atomic mass is 9.89. The molecular weight excluding hydrogens is 188 g/mol. The van der Waals surface area contributed by atoms with Crippen molar-refractivity contribution in [3.05, 3.63) is 18.5 Å². The first-order valence-corrected chi connectivity index (χ1v) is 5.53. The molecule has 0 unspecified atom stereocenters. The number of anilines is 1. The van der Waals surface area contributed by atoms with Crippen molar-refractivity contribution in [1.82, 2.24) is 4.98 Å². The van der Waals surface area contributed by atoms with Crippen LogP contribution in [0.3, 0.4) is 0 Å². The maximum absolute atomic E-state index is 4.45. The second-order valence-electron chi connectivity index (χ2n) is 4.31. The molecule has 0 radical (unpaired) electrons. The molecule has 3 rings (SSSR count). The van der Waals surface area contributed by atoms with Gasteiger partial charge in [0.15, 0.2) is 5.66 Å². The number of rotatable bonds is 0. The lowest BCUT2D eigenvalue weighted by Gasteiger charge is -2.36. The molecule has 0 bridgehead atoms. The van der Waals surface area contributed by atoms with E-state index in [1.54, 1.807) is 6.20 Å². The summed E-state index contributed by atoms with van der Waals surface area (Å²) in [5.41, 5.74) is 1.80. The maximum Gasteiger partial charge on any atom is 0.150 e. The first kappa shape index (κ1) is 8.83. The lowest BCUT2D eigenvalue weighted by Crippen LogP contribution is -2.39. The minimum atomic E-state index is -0.131. The van der Waals surface area contributed by atoms with E-state index in [-0.39, 0.29) is 5.66 Å². The molecule has 1 aromatic heterocycles. The Balaban J connectivity index is 1.94. The zero-order valence-corrected chi connectivity index (χ0v) is 8.61. The second-order valence-corrected chi connectivity index (χ2v) is 4.31. The first-order valence-electron chi connectivity index (χ1n) is 5.53. The standard InChI is InChI=1S/C11H14N4/c1-2-5-11(6-3-1)13-10-8-12-7-4-9(10)14-15-11/h4,7-8,13H,1-3,5-6H2. The van der Waals surface area contributed by atoms with Gasteiger partial charge in [0, 0.05) is 6.20 Å². The second kappa shape index (κ2) is 3.29. The van der Waals surface area contributed by atoms with Crippen molar-refractivity contribution in [3.8, 4) is 0 Å². The molecule has 2 aliphatic rings. The summed E-state index contributed by atoms with van der Waals surface area (Å²) in [6, 6.07) is 1.89. The molecular formula is C11H14N4. The van der Waals surface area contributed by atoms with Gasteiger partial charge in [0.25, 0.3) is 0 Å². The van der Waals surface area contributed by atoms with Crippen molar-refractivity contribution >= 4 is 11.4 Å². The van der Waals surface area contributed by atoms with Crippen LogP contribution in [0.1, 0.15) is 32.1 Å². The fraction of sp³-hybridized carbons (Fsp3) is 0.545. The highest BCUT2D eigenvalue weighted by Gasteiger charge is 2.34. The summed E-state index contributed by atoms with van der Waals surface area (Å²) in [5.74, 6) is 0. The van der Waals surface area contributed by atoms with Crippen LogP contribution in [-0.2, 0) is 0 Å². The van der Waals surface area contributed by atoms with Gasteiger partial charge in [-0.1, -0.05) is 6.42 Å². The molecule has 1 spiro atoms. The van der Waals surface area contributed by atoms with Gasteiger partial charge in [-0.25, -0.2) is 0 Å². The number of hydrogen-bond acceptors (Lipinski definition) is 4. The van der Waals surface area contributed by atoms with E-state index in [0.717, 1.165) is 24.2 Å². The van der Waals surface area contributed by atoms with Gasteiger partial charge < -0.3 is 5.32 Å². The summed E-state index contributed by atoms with van der Waals surface area (Å²) in [4.78, 5) is 4.11. The quantitative estimate of drug-likeness (QED) is 0.702. The van der Waals surface area contributed by atoms with E-state index in [9.17, 15) is 0 Å². The van der Waals surface area contributed by atoms with Crippen LogP contribution in [0.5, 0.6) is 0 Å². The van der Waals surface area contributed by atoms with Crippen LogP contribution in [-0.4, -0.2) is 10.6 Å². The van der Waals surface area contributed by atoms with Gasteiger partial charge in [0.1, 0.15) is 5.69 Å². The van der Waals surface area contributed by atoms with Gasteiger partial charge in [0.05, 0.1) is 11.9 Å². The Morgan fingerprint density at radius 3 is 2.93 bits per heavy atom. The predicted octanol–water partition coefficient (Wildman–Crippen LogP) is 3.25. The van der Waals surface area contributed by atoms with Gasteiger partial charge in [-0.2, -0.15) is 10.2 Å². The molecule has 1 fully saturated rings. The van der Waals surface area contributed by atoms with Gasteiger partial charge in [-0.3, -0.25) is 4.98 Å². The minimum absolute atomic E-state index is 0.131. The summed E-state index contributed by atoms with van der Waals surface area (Å²) in [5, 5.41) is 12.2. The average Bonchev–Trinajstić information content (AvgIpc) is 2.30. The zero-order chi connectivity index (χ0) is 10.1. The average molecular weight is 202 g/mol. The van der Waals surface area contributed by atoms with E-state index < -0.39 is 0 Å². The molecule has 0 saturated heterocycles. The molecule has 1 aromatic rings. The Morgan fingerprint density at radius 1 is 1.20 bits per heavy atom. The molecule has 0 atom stereocenters. The van der Waals surface area contributed by atoms with Gasteiger partial charge >= 0.3 is 0 Å². The highest BCUT2D eigenvalue weighted by molar-refractivity contribution is 5.65. The number of nitrogens with one attached hydrogen (secondary N) is 1. The van der Waals surface area contributed by atoms with Crippen molar-refractivity contribution in [2.75, 3.05) is 5.32 Å². The van der Waals surface area contributed by atoms with E-state index in [2.05, 4.69) is 20.5 Å². The topological polar surface area (TPSA) is 49.6 Å². The monoisotopic (exact) mass is 202 g/mol. The van der Waals surface area contributed by atoms with Crippen LogP contribution in [0.2, 0.25) is 0 Å². The van der Waals surface area contributed by atoms with Gasteiger partial charge in [-0.15, -0.1) is 0 Å². The number of hydrogen-bond donors (Lipinski definition) is 1. The SMILES string of the molecule is c1cc2c(cn1)NC1(CCCCC1)N=N2. The smallest absolute Gasteiger partial charge is 0.150 e. The summed E-state index contributed by atoms with van der Waals surface area (Å²) in [6.07, 6.45) is 9.56. The van der Waals surface area contributed by atoms with Crippen molar-refractivity contribution in [2.45, 2.75) is 37.8 Å². The van der Waals surface area contributed by atoms with E-state index in [1.165, 1.54) is 19.3 Å². The Kier molecular flexibility index (Phi) is 1.94. The first-order chi connectivity index (χ1) is 7.38. The van der Waals surface area contributed by atoms with Crippen LogP contribution >= 0.6 is 0 Å². The molecule has 1 saturated carbocycles. The zero-order valence-electron chi connectivity index (χ0n) is 8.61. The summed E-state index contributed by atoms with van der Waals surface area (Å²) in [6.45, 7) is 0. The molecule has 1 aliphatic carbocycles. The van der Waals surface area contributed by atoms with Crippen LogP contribution in [0.25, 0.3) is 0 Å². The number of pyridine rings is 1. The molecule has 0 amide bonds. The van der Waals surface area contributed by atoms with Gasteiger partial charge in [0.2, 0.25) is 0 Å². The molecule has 4 nitrogen and oxygen atoms in total. The van der Waals surface area contributed by atoms with Gasteiger partial charge in [-0.05, 0) is 31.7 Å². The third kappa shape index (κ3) is 1.50. The third-order valence-corrected chi connectivity index (χ3v) is 3.20. The molecule has 4 heteroatoms. The Bertz CT molecular complexity index is 393. The fourth-order valence-electron chi connectivity index (χ4n) is 2.36. The Hall–Kier alpha value is -1.45. The highest BCUT2D eigenvalue weighted by Crippen LogP contribution is 2.40. The third-order valence-electron chi connectivity index (χ3n) is 3.20. The Morgan fingerprint density at radius 2 is 2.07 bits per heavy atom. The number of aromatic nitrogens is 1. The normalized spacial score (nSPS) is 22.1. The molecule has 15 heavy (non-hydrogen) atoms. The van der Waals surface area contributed by atoms with E-state index in [4.69, 9.17) is 0 Å². The highest BCUT2D eigenvalue weighted by atomic mass is 15.3. The van der Waals surface area contributed by atoms with Crippen LogP contribution in [0.4, 0.5) is 11.4 Å². The number of azo groups is 1. The fourth-order valence-corrected chi connectivity index (χ4v) is 2.36. The largest absolute Gasteiger partial charge is 0.357 e. The molecule has 1 N–H and O–H groups in total. The molecule has 1 aliphatic heterocycles. The van der Waals surface area contributed by atoms with Crippen molar-refractivity contribution < 1.29 is 0 Å². The van der Waals surface area contributed by atoms with E-state index in [0.29, 0.717) is 0 Å². The summed E-state index contributed by atoms with van der Waals surface area (Å²) >= 11 is 0. The Labute approximate surface area is 88.8 Å². The minimum Gasteiger partial charge on any atom is -0.357 e. The van der Waals surface area contributed by atoms with Crippen LogP contribution in [0, 0.1) is 0 Å².